The fourth-order valence-electron chi connectivity index (χ4n) is 3.34. The minimum absolute atomic E-state index is 0.0125. The van der Waals surface area contributed by atoms with Crippen LogP contribution < -0.4 is 10.1 Å². The predicted octanol–water partition coefficient (Wildman–Crippen LogP) is 3.12. The first-order chi connectivity index (χ1) is 13.9. The molecular formula is C22H28N2O4S. The molecule has 3 rings (SSSR count). The molecule has 29 heavy (non-hydrogen) atoms. The highest BCUT2D eigenvalue weighted by molar-refractivity contribution is 7.89. The van der Waals surface area contributed by atoms with Crippen LogP contribution in [-0.2, 0) is 14.8 Å². The van der Waals surface area contributed by atoms with E-state index in [0.717, 1.165) is 11.3 Å². The summed E-state index contributed by atoms with van der Waals surface area (Å²) in [6.45, 7) is 3.25. The summed E-state index contributed by atoms with van der Waals surface area (Å²) in [7, 11) is -3.47. The van der Waals surface area contributed by atoms with Gasteiger partial charge in [-0.25, -0.2) is 8.42 Å². The molecule has 0 spiro atoms. The van der Waals surface area contributed by atoms with Gasteiger partial charge in [-0.2, -0.15) is 4.31 Å². The van der Waals surface area contributed by atoms with E-state index >= 15 is 0 Å². The number of sulfonamides is 1. The lowest BCUT2D eigenvalue weighted by molar-refractivity contribution is -0.122. The van der Waals surface area contributed by atoms with E-state index in [0.29, 0.717) is 50.3 Å². The fraction of sp³-hybridized carbons (Fsp3) is 0.409. The van der Waals surface area contributed by atoms with Crippen molar-refractivity contribution >= 4 is 15.9 Å². The summed E-state index contributed by atoms with van der Waals surface area (Å²) >= 11 is 0. The lowest BCUT2D eigenvalue weighted by Gasteiger charge is -2.31. The zero-order chi connectivity index (χ0) is 20.7. The summed E-state index contributed by atoms with van der Waals surface area (Å²) in [6, 6.07) is 16.5. The average Bonchev–Trinajstić information content (AvgIpc) is 2.73. The number of hydrogen-bond acceptors (Lipinski definition) is 4. The van der Waals surface area contributed by atoms with Crippen molar-refractivity contribution in [3.63, 3.8) is 0 Å². The molecule has 2 aromatic carbocycles. The smallest absolute Gasteiger partial charge is 0.243 e. The highest BCUT2D eigenvalue weighted by Crippen LogP contribution is 2.21. The normalized spacial score (nSPS) is 15.8. The number of carbonyl (C=O) groups is 1. The summed E-state index contributed by atoms with van der Waals surface area (Å²) in [5.41, 5.74) is 1.03. The van der Waals surface area contributed by atoms with E-state index < -0.39 is 10.0 Å². The zero-order valence-electron chi connectivity index (χ0n) is 16.7. The molecule has 6 nitrogen and oxygen atoms in total. The van der Waals surface area contributed by atoms with E-state index in [2.05, 4.69) is 5.32 Å². The van der Waals surface area contributed by atoms with Gasteiger partial charge in [-0.05, 0) is 50.5 Å². The molecule has 1 fully saturated rings. The van der Waals surface area contributed by atoms with Gasteiger partial charge >= 0.3 is 0 Å². The Morgan fingerprint density at radius 3 is 2.38 bits per heavy atom. The SMILES string of the molecule is Cc1ccc(S(=O)(=O)N2CCC(NC(=O)CCCOc3ccccc3)CC2)cc1. The molecule has 2 aromatic rings. The summed E-state index contributed by atoms with van der Waals surface area (Å²) in [6.07, 6.45) is 2.28. The largest absolute Gasteiger partial charge is 0.494 e. The lowest BCUT2D eigenvalue weighted by atomic mass is 10.1. The number of hydrogen-bond donors (Lipinski definition) is 1. The van der Waals surface area contributed by atoms with E-state index in [4.69, 9.17) is 4.74 Å². The molecule has 0 aromatic heterocycles. The van der Waals surface area contributed by atoms with Gasteiger partial charge in [0.1, 0.15) is 5.75 Å². The number of para-hydroxylation sites is 1. The number of benzene rings is 2. The first kappa shape index (κ1) is 21.3. The van der Waals surface area contributed by atoms with Gasteiger partial charge in [0.15, 0.2) is 0 Å². The van der Waals surface area contributed by atoms with E-state index in [-0.39, 0.29) is 11.9 Å². The Kier molecular flexibility index (Phi) is 7.28. The van der Waals surface area contributed by atoms with Crippen LogP contribution in [0.3, 0.4) is 0 Å². The third-order valence-electron chi connectivity index (χ3n) is 5.04. The maximum Gasteiger partial charge on any atom is 0.243 e. The van der Waals surface area contributed by atoms with E-state index in [1.165, 1.54) is 4.31 Å². The second-order valence-electron chi connectivity index (χ2n) is 7.32. The minimum atomic E-state index is -3.47. The average molecular weight is 417 g/mol. The van der Waals surface area contributed by atoms with Gasteiger partial charge in [0, 0.05) is 25.6 Å². The van der Waals surface area contributed by atoms with E-state index in [9.17, 15) is 13.2 Å². The van der Waals surface area contributed by atoms with Crippen LogP contribution in [0.1, 0.15) is 31.2 Å². The van der Waals surface area contributed by atoms with Crippen LogP contribution in [-0.4, -0.2) is 44.4 Å². The fourth-order valence-corrected chi connectivity index (χ4v) is 4.81. The molecule has 1 saturated heterocycles. The number of carbonyl (C=O) groups excluding carboxylic acids is 1. The lowest BCUT2D eigenvalue weighted by Crippen LogP contribution is -2.46. The van der Waals surface area contributed by atoms with Crippen LogP contribution in [0.4, 0.5) is 0 Å². The number of aryl methyl sites for hydroxylation is 1. The molecule has 0 unspecified atom stereocenters. The second-order valence-corrected chi connectivity index (χ2v) is 9.26. The van der Waals surface area contributed by atoms with E-state index in [1.807, 2.05) is 37.3 Å². The quantitative estimate of drug-likeness (QED) is 0.671. The molecule has 7 heteroatoms. The first-order valence-electron chi connectivity index (χ1n) is 9.99. The van der Waals surface area contributed by atoms with Crippen LogP contribution in [0.2, 0.25) is 0 Å². The summed E-state index contributed by atoms with van der Waals surface area (Å²) < 4.78 is 32.6. The molecule has 0 saturated carbocycles. The summed E-state index contributed by atoms with van der Waals surface area (Å²) in [5.74, 6) is 0.788. The Balaban J connectivity index is 1.39. The van der Waals surface area contributed by atoms with E-state index in [1.54, 1.807) is 24.3 Å². The molecule has 0 aliphatic carbocycles. The van der Waals surface area contributed by atoms with Crippen LogP contribution in [0.15, 0.2) is 59.5 Å². The molecule has 1 heterocycles. The Morgan fingerprint density at radius 1 is 1.07 bits per heavy atom. The van der Waals surface area contributed by atoms with Crippen molar-refractivity contribution in [3.8, 4) is 5.75 Å². The Morgan fingerprint density at radius 2 is 1.72 bits per heavy atom. The number of ether oxygens (including phenoxy) is 1. The molecule has 0 radical (unpaired) electrons. The molecule has 1 aliphatic heterocycles. The van der Waals surface area contributed by atoms with Gasteiger partial charge in [-0.15, -0.1) is 0 Å². The highest BCUT2D eigenvalue weighted by Gasteiger charge is 2.29. The third kappa shape index (κ3) is 6.05. The van der Waals surface area contributed by atoms with Crippen molar-refractivity contribution in [2.24, 2.45) is 0 Å². The van der Waals surface area contributed by atoms with Crippen molar-refractivity contribution < 1.29 is 17.9 Å². The molecule has 156 valence electrons. The van der Waals surface area contributed by atoms with Crippen LogP contribution >= 0.6 is 0 Å². The molecule has 1 N–H and O–H groups in total. The van der Waals surface area contributed by atoms with Crippen LogP contribution in [0.5, 0.6) is 5.75 Å². The van der Waals surface area contributed by atoms with Crippen molar-refractivity contribution in [1.82, 2.24) is 9.62 Å². The monoisotopic (exact) mass is 416 g/mol. The molecular weight excluding hydrogens is 388 g/mol. The van der Waals surface area contributed by atoms with Crippen LogP contribution in [0.25, 0.3) is 0 Å². The van der Waals surface area contributed by atoms with Gasteiger partial charge in [0.25, 0.3) is 0 Å². The number of piperidine rings is 1. The van der Waals surface area contributed by atoms with Crippen molar-refractivity contribution in [1.29, 1.82) is 0 Å². The van der Waals surface area contributed by atoms with Gasteiger partial charge < -0.3 is 10.1 Å². The van der Waals surface area contributed by atoms with Crippen molar-refractivity contribution in [2.75, 3.05) is 19.7 Å². The first-order valence-corrected chi connectivity index (χ1v) is 11.4. The molecule has 0 bridgehead atoms. The Hall–Kier alpha value is -2.38. The zero-order valence-corrected chi connectivity index (χ0v) is 17.5. The van der Waals surface area contributed by atoms with Crippen LogP contribution in [0, 0.1) is 6.92 Å². The molecule has 1 aliphatic rings. The molecule has 0 atom stereocenters. The number of nitrogens with zero attached hydrogens (tertiary/aromatic N) is 1. The number of rotatable bonds is 8. The third-order valence-corrected chi connectivity index (χ3v) is 6.95. The van der Waals surface area contributed by atoms with Gasteiger partial charge in [0.05, 0.1) is 11.5 Å². The Bertz CT molecular complexity index is 890. The summed E-state index contributed by atoms with van der Waals surface area (Å²) in [5, 5.41) is 3.02. The maximum absolute atomic E-state index is 12.7. The van der Waals surface area contributed by atoms with Crippen molar-refractivity contribution in [3.05, 3.63) is 60.2 Å². The van der Waals surface area contributed by atoms with Gasteiger partial charge in [0.2, 0.25) is 15.9 Å². The predicted molar refractivity (Wildman–Crippen MR) is 112 cm³/mol. The molecule has 1 amide bonds. The maximum atomic E-state index is 12.7. The summed E-state index contributed by atoms with van der Waals surface area (Å²) in [4.78, 5) is 12.5. The Labute approximate surface area is 172 Å². The second kappa shape index (κ2) is 9.89. The number of nitrogens with one attached hydrogen (secondary N) is 1. The van der Waals surface area contributed by atoms with Gasteiger partial charge in [-0.3, -0.25) is 4.79 Å². The van der Waals surface area contributed by atoms with Gasteiger partial charge in [-0.1, -0.05) is 35.9 Å². The van der Waals surface area contributed by atoms with Crippen molar-refractivity contribution in [2.45, 2.75) is 43.5 Å². The minimum Gasteiger partial charge on any atom is -0.494 e. The number of amides is 1. The topological polar surface area (TPSA) is 75.7 Å². The highest BCUT2D eigenvalue weighted by atomic mass is 32.2. The standard InChI is InChI=1S/C22H28N2O4S/c1-18-9-11-21(12-10-18)29(26,27)24-15-13-19(14-16-24)23-22(25)8-5-17-28-20-6-3-2-4-7-20/h2-4,6-7,9-12,19H,5,8,13-17H2,1H3,(H,23,25).